The van der Waals surface area contributed by atoms with Gasteiger partial charge in [-0.05, 0) is 49.8 Å². The molecule has 0 spiro atoms. The molecule has 2 amide bonds. The normalized spacial score (nSPS) is 26.6. The first-order valence-corrected chi connectivity index (χ1v) is 7.33. The number of piperidine rings is 1. The Bertz CT molecular complexity index is 225. The first-order valence-electron chi connectivity index (χ1n) is 6.17. The molecular formula is C11H21N3OS. The van der Waals surface area contributed by atoms with Crippen molar-refractivity contribution in [3.63, 3.8) is 0 Å². The molecule has 1 unspecified atom stereocenters. The first-order chi connectivity index (χ1) is 7.84. The number of carbonyl (C=O) groups excluding carboxylic acids is 1. The molecule has 0 aromatic rings. The van der Waals surface area contributed by atoms with Crippen LogP contribution >= 0.6 is 11.8 Å². The van der Waals surface area contributed by atoms with Crippen LogP contribution in [0, 0.1) is 5.92 Å². The van der Waals surface area contributed by atoms with E-state index in [1.165, 1.54) is 17.9 Å². The summed E-state index contributed by atoms with van der Waals surface area (Å²) in [5, 5.41) is 9.32. The van der Waals surface area contributed by atoms with Crippen LogP contribution < -0.4 is 16.0 Å². The predicted octanol–water partition coefficient (Wildman–Crippen LogP) is 0.791. The summed E-state index contributed by atoms with van der Waals surface area (Å²) in [6.45, 7) is 2.87. The van der Waals surface area contributed by atoms with Crippen molar-refractivity contribution in [1.29, 1.82) is 0 Å². The van der Waals surface area contributed by atoms with Gasteiger partial charge in [-0.3, -0.25) is 0 Å². The molecule has 0 saturated carbocycles. The third kappa shape index (κ3) is 3.87. The number of carbonyl (C=O) groups is 1. The third-order valence-corrected chi connectivity index (χ3v) is 4.48. The van der Waals surface area contributed by atoms with Crippen molar-refractivity contribution in [1.82, 2.24) is 16.0 Å². The highest BCUT2D eigenvalue weighted by atomic mass is 32.2. The summed E-state index contributed by atoms with van der Waals surface area (Å²) in [6.07, 6.45) is 3.34. The van der Waals surface area contributed by atoms with Crippen LogP contribution in [0.3, 0.4) is 0 Å². The van der Waals surface area contributed by atoms with Gasteiger partial charge in [0.2, 0.25) is 0 Å². The lowest BCUT2D eigenvalue weighted by molar-refractivity contribution is 0.232. The number of hydrogen-bond donors (Lipinski definition) is 3. The molecule has 1 atom stereocenters. The van der Waals surface area contributed by atoms with Gasteiger partial charge in [0.15, 0.2) is 0 Å². The zero-order valence-corrected chi connectivity index (χ0v) is 10.4. The molecule has 2 saturated heterocycles. The van der Waals surface area contributed by atoms with Gasteiger partial charge < -0.3 is 16.0 Å². The van der Waals surface area contributed by atoms with Crippen LogP contribution in [0.1, 0.15) is 19.3 Å². The highest BCUT2D eigenvalue weighted by molar-refractivity contribution is 7.99. The molecule has 2 rings (SSSR count). The van der Waals surface area contributed by atoms with Gasteiger partial charge in [-0.1, -0.05) is 0 Å². The lowest BCUT2D eigenvalue weighted by atomic mass is 10.1. The van der Waals surface area contributed by atoms with Gasteiger partial charge in [0.1, 0.15) is 0 Å². The van der Waals surface area contributed by atoms with E-state index in [4.69, 9.17) is 0 Å². The Balaban J connectivity index is 1.59. The molecule has 3 N–H and O–H groups in total. The molecule has 0 aliphatic carbocycles. The molecule has 0 bridgehead atoms. The maximum absolute atomic E-state index is 11.6. The minimum atomic E-state index is 0.0174. The van der Waals surface area contributed by atoms with E-state index < -0.39 is 0 Å². The highest BCUT2D eigenvalue weighted by Crippen LogP contribution is 2.22. The van der Waals surface area contributed by atoms with Gasteiger partial charge in [-0.2, -0.15) is 11.8 Å². The third-order valence-electron chi connectivity index (χ3n) is 3.25. The molecule has 5 heteroatoms. The van der Waals surface area contributed by atoms with Gasteiger partial charge in [0.05, 0.1) is 0 Å². The Labute approximate surface area is 101 Å². The van der Waals surface area contributed by atoms with E-state index in [2.05, 4.69) is 16.0 Å². The van der Waals surface area contributed by atoms with Crippen LogP contribution in [-0.4, -0.2) is 43.2 Å². The smallest absolute Gasteiger partial charge is 0.315 e. The second kappa shape index (κ2) is 6.35. The summed E-state index contributed by atoms with van der Waals surface area (Å²) in [4.78, 5) is 11.6. The van der Waals surface area contributed by atoms with Crippen LogP contribution in [0.2, 0.25) is 0 Å². The van der Waals surface area contributed by atoms with Crippen molar-refractivity contribution in [3.05, 3.63) is 0 Å². The molecule has 2 heterocycles. The summed E-state index contributed by atoms with van der Waals surface area (Å²) in [7, 11) is 0. The molecule has 2 aliphatic rings. The second-order valence-corrected chi connectivity index (χ2v) is 5.76. The molecule has 92 valence electrons. The highest BCUT2D eigenvalue weighted by Gasteiger charge is 2.18. The van der Waals surface area contributed by atoms with Crippen LogP contribution in [0.15, 0.2) is 0 Å². The van der Waals surface area contributed by atoms with Crippen LogP contribution in [-0.2, 0) is 0 Å². The van der Waals surface area contributed by atoms with Crippen molar-refractivity contribution in [2.75, 3.05) is 31.1 Å². The van der Waals surface area contributed by atoms with Gasteiger partial charge in [-0.25, -0.2) is 4.79 Å². The molecule has 0 aromatic carbocycles. The predicted molar refractivity (Wildman–Crippen MR) is 67.9 cm³/mol. The Hall–Kier alpha value is -0.420. The zero-order chi connectivity index (χ0) is 11.2. The van der Waals surface area contributed by atoms with E-state index in [1.54, 1.807) is 0 Å². The largest absolute Gasteiger partial charge is 0.338 e. The lowest BCUT2D eigenvalue weighted by Crippen LogP contribution is -2.47. The quantitative estimate of drug-likeness (QED) is 0.687. The summed E-state index contributed by atoms with van der Waals surface area (Å²) in [6, 6.07) is 0.378. The first kappa shape index (κ1) is 12.0. The van der Waals surface area contributed by atoms with Gasteiger partial charge in [0.25, 0.3) is 0 Å². The Morgan fingerprint density at radius 2 is 2.12 bits per heavy atom. The molecule has 4 nitrogen and oxygen atoms in total. The standard InChI is InChI=1S/C11H21N3OS/c15-11(13-7-9-3-6-16-8-9)14-10-1-4-12-5-2-10/h9-10,12H,1-8H2,(H2,13,14,15). The van der Waals surface area contributed by atoms with E-state index in [1.807, 2.05) is 11.8 Å². The fourth-order valence-electron chi connectivity index (χ4n) is 2.18. The van der Waals surface area contributed by atoms with Crippen LogP contribution in [0.25, 0.3) is 0 Å². The molecule has 2 fully saturated rings. The minimum absolute atomic E-state index is 0.0174. The Morgan fingerprint density at radius 3 is 2.81 bits per heavy atom. The maximum atomic E-state index is 11.6. The minimum Gasteiger partial charge on any atom is -0.338 e. The summed E-state index contributed by atoms with van der Waals surface area (Å²) in [5.41, 5.74) is 0. The zero-order valence-electron chi connectivity index (χ0n) is 9.63. The fourth-order valence-corrected chi connectivity index (χ4v) is 3.47. The van der Waals surface area contributed by atoms with Gasteiger partial charge in [-0.15, -0.1) is 0 Å². The summed E-state index contributed by atoms with van der Waals surface area (Å²) in [5.74, 6) is 3.14. The number of rotatable bonds is 3. The average Bonchev–Trinajstić information content (AvgIpc) is 2.81. The van der Waals surface area contributed by atoms with Gasteiger partial charge in [0, 0.05) is 12.6 Å². The number of urea groups is 1. The van der Waals surface area contributed by atoms with Crippen molar-refractivity contribution < 1.29 is 4.79 Å². The van der Waals surface area contributed by atoms with Gasteiger partial charge >= 0.3 is 6.03 Å². The van der Waals surface area contributed by atoms with Crippen molar-refractivity contribution in [2.24, 2.45) is 5.92 Å². The van der Waals surface area contributed by atoms with E-state index in [-0.39, 0.29) is 6.03 Å². The van der Waals surface area contributed by atoms with E-state index >= 15 is 0 Å². The topological polar surface area (TPSA) is 53.2 Å². The van der Waals surface area contributed by atoms with Crippen LogP contribution in [0.5, 0.6) is 0 Å². The number of nitrogens with one attached hydrogen (secondary N) is 3. The molecule has 2 aliphatic heterocycles. The Kier molecular flexibility index (Phi) is 4.78. The molecule has 16 heavy (non-hydrogen) atoms. The average molecular weight is 243 g/mol. The maximum Gasteiger partial charge on any atom is 0.315 e. The van der Waals surface area contributed by atoms with Crippen LogP contribution in [0.4, 0.5) is 4.79 Å². The number of thioether (sulfide) groups is 1. The van der Waals surface area contributed by atoms with E-state index in [0.29, 0.717) is 12.0 Å². The summed E-state index contributed by atoms with van der Waals surface area (Å²) < 4.78 is 0. The summed E-state index contributed by atoms with van der Waals surface area (Å²) >= 11 is 1.99. The molecular weight excluding hydrogens is 222 g/mol. The second-order valence-electron chi connectivity index (χ2n) is 4.61. The van der Waals surface area contributed by atoms with E-state index in [0.717, 1.165) is 32.5 Å². The Morgan fingerprint density at radius 1 is 1.31 bits per heavy atom. The number of hydrogen-bond acceptors (Lipinski definition) is 3. The lowest BCUT2D eigenvalue weighted by Gasteiger charge is -2.24. The SMILES string of the molecule is O=C(NCC1CCSC1)NC1CCNCC1. The van der Waals surface area contributed by atoms with E-state index in [9.17, 15) is 4.79 Å². The van der Waals surface area contributed by atoms with Crippen molar-refractivity contribution in [2.45, 2.75) is 25.3 Å². The van der Waals surface area contributed by atoms with Crippen molar-refractivity contribution >= 4 is 17.8 Å². The fraction of sp³-hybridized carbons (Fsp3) is 0.909. The number of amides is 2. The van der Waals surface area contributed by atoms with Crippen molar-refractivity contribution in [3.8, 4) is 0 Å². The monoisotopic (exact) mass is 243 g/mol. The molecule has 0 aromatic heterocycles. The molecule has 0 radical (unpaired) electrons.